The van der Waals surface area contributed by atoms with Gasteiger partial charge >= 0.3 is 0 Å². The highest BCUT2D eigenvalue weighted by atomic mass is 32.2. The van der Waals surface area contributed by atoms with Crippen molar-refractivity contribution in [3.8, 4) is 11.5 Å². The third-order valence-corrected chi connectivity index (χ3v) is 5.01. The fourth-order valence-corrected chi connectivity index (χ4v) is 3.25. The molecular formula is C20H22N2O4S. The number of thioether (sulfide) groups is 1. The van der Waals surface area contributed by atoms with Crippen molar-refractivity contribution in [2.75, 3.05) is 23.6 Å². The minimum absolute atomic E-state index is 0.117. The Bertz CT molecular complexity index is 823. The number of hydrogen-bond acceptors (Lipinski definition) is 5. The summed E-state index contributed by atoms with van der Waals surface area (Å²) >= 11 is 1.28. The van der Waals surface area contributed by atoms with Gasteiger partial charge in [-0.15, -0.1) is 11.8 Å². The molecule has 1 aliphatic rings. The molecule has 2 aromatic rings. The summed E-state index contributed by atoms with van der Waals surface area (Å²) in [5.41, 5.74) is 2.83. The lowest BCUT2D eigenvalue weighted by Gasteiger charge is -2.14. The van der Waals surface area contributed by atoms with E-state index in [4.69, 9.17) is 9.47 Å². The Morgan fingerprint density at radius 1 is 1.04 bits per heavy atom. The van der Waals surface area contributed by atoms with E-state index in [0.717, 1.165) is 16.8 Å². The summed E-state index contributed by atoms with van der Waals surface area (Å²) in [5, 5.41) is 5.75. The molecule has 27 heavy (non-hydrogen) atoms. The van der Waals surface area contributed by atoms with Crippen LogP contribution < -0.4 is 20.1 Å². The second-order valence-electron chi connectivity index (χ2n) is 6.31. The molecular weight excluding hydrogens is 364 g/mol. The lowest BCUT2D eigenvalue weighted by Crippen LogP contribution is -2.28. The molecule has 6 nitrogen and oxygen atoms in total. The zero-order valence-electron chi connectivity index (χ0n) is 15.3. The van der Waals surface area contributed by atoms with E-state index < -0.39 is 0 Å². The van der Waals surface area contributed by atoms with Crippen LogP contribution in [0.2, 0.25) is 0 Å². The highest BCUT2D eigenvalue weighted by molar-refractivity contribution is 8.00. The molecule has 0 aromatic heterocycles. The Kier molecular flexibility index (Phi) is 6.24. The van der Waals surface area contributed by atoms with Crippen LogP contribution in [-0.2, 0) is 9.59 Å². The Morgan fingerprint density at radius 2 is 1.74 bits per heavy atom. The smallest absolute Gasteiger partial charge is 0.234 e. The predicted octanol–water partition coefficient (Wildman–Crippen LogP) is 3.27. The quantitative estimate of drug-likeness (QED) is 0.764. The lowest BCUT2D eigenvalue weighted by atomic mass is 10.1. The van der Waals surface area contributed by atoms with Crippen molar-refractivity contribution >= 4 is 29.3 Å². The maximum atomic E-state index is 12.1. The van der Waals surface area contributed by atoms with Crippen molar-refractivity contribution in [1.82, 2.24) is 5.32 Å². The van der Waals surface area contributed by atoms with Crippen LogP contribution in [0.5, 0.6) is 11.5 Å². The van der Waals surface area contributed by atoms with Gasteiger partial charge in [0.05, 0.1) is 17.5 Å². The molecule has 0 fully saturated rings. The van der Waals surface area contributed by atoms with Gasteiger partial charge in [-0.05, 0) is 43.7 Å². The molecule has 1 unspecified atom stereocenters. The Hall–Kier alpha value is -2.67. The van der Waals surface area contributed by atoms with Gasteiger partial charge in [-0.25, -0.2) is 0 Å². The molecule has 0 saturated heterocycles. The fraction of sp³-hybridized carbons (Fsp3) is 0.300. The van der Waals surface area contributed by atoms with Crippen LogP contribution in [0.25, 0.3) is 0 Å². The first-order valence-corrected chi connectivity index (χ1v) is 9.80. The van der Waals surface area contributed by atoms with E-state index >= 15 is 0 Å². The molecule has 2 amide bonds. The van der Waals surface area contributed by atoms with Crippen LogP contribution in [0.1, 0.15) is 24.1 Å². The number of carbonyl (C=O) groups is 2. The van der Waals surface area contributed by atoms with Gasteiger partial charge in [-0.2, -0.15) is 0 Å². The first kappa shape index (κ1) is 19.1. The molecule has 0 saturated carbocycles. The minimum atomic E-state index is -0.158. The normalized spacial score (nSPS) is 13.1. The highest BCUT2D eigenvalue weighted by Gasteiger charge is 2.17. The van der Waals surface area contributed by atoms with E-state index in [1.54, 1.807) is 0 Å². The summed E-state index contributed by atoms with van der Waals surface area (Å²) in [6, 6.07) is 13.0. The van der Waals surface area contributed by atoms with E-state index in [2.05, 4.69) is 10.6 Å². The second-order valence-corrected chi connectivity index (χ2v) is 7.29. The summed E-state index contributed by atoms with van der Waals surface area (Å²) in [5.74, 6) is 1.60. The SMILES string of the molecule is Cc1ccc(NC(=O)CSCC(=O)NC(C)c2ccc3c(c2)OCO3)cc1. The van der Waals surface area contributed by atoms with Crippen LogP contribution >= 0.6 is 11.8 Å². The first-order chi connectivity index (χ1) is 13.0. The Morgan fingerprint density at radius 3 is 2.52 bits per heavy atom. The maximum Gasteiger partial charge on any atom is 0.234 e. The molecule has 0 aliphatic carbocycles. The Balaban J connectivity index is 1.40. The van der Waals surface area contributed by atoms with Crippen LogP contribution in [0.4, 0.5) is 5.69 Å². The number of ether oxygens (including phenoxy) is 2. The van der Waals surface area contributed by atoms with Gasteiger partial charge in [0.15, 0.2) is 11.5 Å². The van der Waals surface area contributed by atoms with Gasteiger partial charge in [0.25, 0.3) is 0 Å². The van der Waals surface area contributed by atoms with Crippen molar-refractivity contribution in [3.05, 3.63) is 53.6 Å². The van der Waals surface area contributed by atoms with Crippen LogP contribution in [0.15, 0.2) is 42.5 Å². The van der Waals surface area contributed by atoms with E-state index in [0.29, 0.717) is 11.5 Å². The van der Waals surface area contributed by atoms with Crippen LogP contribution in [-0.4, -0.2) is 30.1 Å². The zero-order chi connectivity index (χ0) is 19.2. The fourth-order valence-electron chi connectivity index (χ4n) is 2.62. The van der Waals surface area contributed by atoms with Crippen LogP contribution in [0.3, 0.4) is 0 Å². The topological polar surface area (TPSA) is 76.7 Å². The Labute approximate surface area is 162 Å². The van der Waals surface area contributed by atoms with E-state index in [1.165, 1.54) is 11.8 Å². The standard InChI is InChI=1S/C20H22N2O4S/c1-13-3-6-16(7-4-13)22-20(24)11-27-10-19(23)21-14(2)15-5-8-17-18(9-15)26-12-25-17/h3-9,14H,10-12H2,1-2H3,(H,21,23)(H,22,24). The molecule has 0 bridgehead atoms. The van der Waals surface area contributed by atoms with Gasteiger partial charge < -0.3 is 20.1 Å². The lowest BCUT2D eigenvalue weighted by molar-refractivity contribution is -0.119. The maximum absolute atomic E-state index is 12.1. The number of aryl methyl sites for hydroxylation is 1. The van der Waals surface area contributed by atoms with E-state index in [9.17, 15) is 9.59 Å². The number of amides is 2. The number of hydrogen-bond donors (Lipinski definition) is 2. The molecule has 0 radical (unpaired) electrons. The minimum Gasteiger partial charge on any atom is -0.454 e. The number of carbonyl (C=O) groups excluding carboxylic acids is 2. The largest absolute Gasteiger partial charge is 0.454 e. The van der Waals surface area contributed by atoms with E-state index in [-0.39, 0.29) is 36.2 Å². The molecule has 0 spiro atoms. The van der Waals surface area contributed by atoms with Crippen LogP contribution in [0, 0.1) is 6.92 Å². The average Bonchev–Trinajstić information content (AvgIpc) is 3.11. The van der Waals surface area contributed by atoms with Gasteiger partial charge in [-0.3, -0.25) is 9.59 Å². The van der Waals surface area contributed by atoms with Gasteiger partial charge in [0.2, 0.25) is 18.6 Å². The number of anilines is 1. The van der Waals surface area contributed by atoms with Crippen molar-refractivity contribution in [1.29, 1.82) is 0 Å². The molecule has 142 valence electrons. The van der Waals surface area contributed by atoms with Crippen molar-refractivity contribution in [2.45, 2.75) is 19.9 Å². The third kappa shape index (κ3) is 5.40. The van der Waals surface area contributed by atoms with Crippen molar-refractivity contribution in [2.24, 2.45) is 0 Å². The van der Waals surface area contributed by atoms with Gasteiger partial charge in [-0.1, -0.05) is 23.8 Å². The molecule has 3 rings (SSSR count). The van der Waals surface area contributed by atoms with Crippen molar-refractivity contribution in [3.63, 3.8) is 0 Å². The second kappa shape index (κ2) is 8.81. The molecule has 1 atom stereocenters. The van der Waals surface area contributed by atoms with E-state index in [1.807, 2.05) is 56.3 Å². The molecule has 7 heteroatoms. The summed E-state index contributed by atoms with van der Waals surface area (Å²) in [7, 11) is 0. The van der Waals surface area contributed by atoms with Gasteiger partial charge in [0.1, 0.15) is 0 Å². The highest BCUT2D eigenvalue weighted by Crippen LogP contribution is 2.34. The summed E-state index contributed by atoms with van der Waals surface area (Å²) in [6.45, 7) is 4.12. The number of rotatable bonds is 7. The number of fused-ring (bicyclic) bond motifs is 1. The number of nitrogens with one attached hydrogen (secondary N) is 2. The molecule has 1 aliphatic heterocycles. The summed E-state index contributed by atoms with van der Waals surface area (Å²) in [4.78, 5) is 24.1. The summed E-state index contributed by atoms with van der Waals surface area (Å²) < 4.78 is 10.6. The molecule has 2 N–H and O–H groups in total. The third-order valence-electron chi connectivity index (χ3n) is 4.08. The number of benzene rings is 2. The average molecular weight is 386 g/mol. The molecule has 2 aromatic carbocycles. The monoisotopic (exact) mass is 386 g/mol. The summed E-state index contributed by atoms with van der Waals surface area (Å²) in [6.07, 6.45) is 0. The predicted molar refractivity (Wildman–Crippen MR) is 106 cm³/mol. The zero-order valence-corrected chi connectivity index (χ0v) is 16.1. The van der Waals surface area contributed by atoms with Crippen molar-refractivity contribution < 1.29 is 19.1 Å². The van der Waals surface area contributed by atoms with Gasteiger partial charge in [0, 0.05) is 5.69 Å². The molecule has 1 heterocycles. The first-order valence-electron chi connectivity index (χ1n) is 8.64.